The third kappa shape index (κ3) is 3.06. The maximum absolute atomic E-state index is 14.1. The van der Waals surface area contributed by atoms with Gasteiger partial charge in [0.05, 0.1) is 17.2 Å². The number of aryl methyl sites for hydroxylation is 1. The fourth-order valence-electron chi connectivity index (χ4n) is 6.26. The number of ether oxygens (including phenoxy) is 1. The van der Waals surface area contributed by atoms with Gasteiger partial charge in [-0.3, -0.25) is 14.4 Å². The molecule has 2 aliphatic carbocycles. The van der Waals surface area contributed by atoms with Crippen LogP contribution >= 0.6 is 0 Å². The Morgan fingerprint density at radius 3 is 2.63 bits per heavy atom. The zero-order valence-corrected chi connectivity index (χ0v) is 21.6. The summed E-state index contributed by atoms with van der Waals surface area (Å²) in [5.74, 6) is -2.34. The minimum Gasteiger partial charge on any atom is -0.507 e. The predicted molar refractivity (Wildman–Crippen MR) is 140 cm³/mol. The van der Waals surface area contributed by atoms with Crippen LogP contribution in [0.25, 0.3) is 10.9 Å². The second-order valence-corrected chi connectivity index (χ2v) is 10.5. The highest BCUT2D eigenvalue weighted by Gasteiger charge is 2.56. The molecule has 194 valence electrons. The Bertz CT molecular complexity index is 1670. The van der Waals surface area contributed by atoms with E-state index in [1.807, 2.05) is 18.2 Å². The molecule has 0 radical (unpaired) electrons. The Kier molecular flexibility index (Phi) is 5.11. The second-order valence-electron chi connectivity index (χ2n) is 10.5. The summed E-state index contributed by atoms with van der Waals surface area (Å²) in [6.45, 7) is 6.02. The van der Waals surface area contributed by atoms with Gasteiger partial charge in [-0.25, -0.2) is 0 Å². The summed E-state index contributed by atoms with van der Waals surface area (Å²) in [6, 6.07) is 8.02. The van der Waals surface area contributed by atoms with Gasteiger partial charge in [-0.15, -0.1) is 0 Å². The fraction of sp³-hybridized carbons (Fsp3) is 0.300. The summed E-state index contributed by atoms with van der Waals surface area (Å²) in [6.07, 6.45) is 3.99. The lowest BCUT2D eigenvalue weighted by atomic mass is 9.70. The van der Waals surface area contributed by atoms with E-state index in [0.717, 1.165) is 30.5 Å². The van der Waals surface area contributed by atoms with Crippen molar-refractivity contribution in [2.75, 3.05) is 0 Å². The molecule has 1 aromatic heterocycles. The van der Waals surface area contributed by atoms with Gasteiger partial charge in [-0.2, -0.15) is 0 Å². The number of aromatic hydroxyl groups is 2. The van der Waals surface area contributed by atoms with Gasteiger partial charge in [0.2, 0.25) is 0 Å². The number of phenols is 2. The number of ketones is 3. The first kappa shape index (κ1) is 24.0. The Labute approximate surface area is 219 Å². The summed E-state index contributed by atoms with van der Waals surface area (Å²) in [5, 5.41) is 26.2. The minimum absolute atomic E-state index is 0.0227. The Morgan fingerprint density at radius 1 is 1.16 bits per heavy atom. The summed E-state index contributed by atoms with van der Waals surface area (Å²) < 4.78 is 5.85. The monoisotopic (exact) mass is 512 g/mol. The van der Waals surface area contributed by atoms with Crippen LogP contribution in [0.1, 0.15) is 72.4 Å². The van der Waals surface area contributed by atoms with Crippen molar-refractivity contribution < 1.29 is 29.3 Å². The van der Waals surface area contributed by atoms with Crippen LogP contribution in [-0.4, -0.2) is 32.5 Å². The highest BCUT2D eigenvalue weighted by molar-refractivity contribution is 6.31. The van der Waals surface area contributed by atoms with E-state index < -0.39 is 28.5 Å². The number of carbonyl (C=O) groups is 3. The molecule has 8 heteroatoms. The molecular formula is C30H28N2O6. The SMILES string of the molecule is CC(=O)c1c(O)c(C)c(O)c2c1OC1=CC(=O)/C(=C(/C)NC3CCCc4c3[nH]c3ccccc43)C(=O)[C@]12C. The van der Waals surface area contributed by atoms with Crippen LogP contribution in [0.4, 0.5) is 0 Å². The fourth-order valence-corrected chi connectivity index (χ4v) is 6.26. The molecule has 6 rings (SSSR count). The van der Waals surface area contributed by atoms with Gasteiger partial charge in [0.1, 0.15) is 34.0 Å². The summed E-state index contributed by atoms with van der Waals surface area (Å²) in [5.41, 5.74) is 2.26. The van der Waals surface area contributed by atoms with Crippen LogP contribution < -0.4 is 10.1 Å². The molecular weight excluding hydrogens is 484 g/mol. The van der Waals surface area contributed by atoms with E-state index >= 15 is 0 Å². The van der Waals surface area contributed by atoms with Crippen molar-refractivity contribution in [1.82, 2.24) is 10.3 Å². The number of rotatable bonds is 3. The van der Waals surface area contributed by atoms with Gasteiger partial charge in [-0.1, -0.05) is 18.2 Å². The number of fused-ring (bicyclic) bond motifs is 6. The smallest absolute Gasteiger partial charge is 0.194 e. The zero-order chi connectivity index (χ0) is 27.1. The van der Waals surface area contributed by atoms with Gasteiger partial charge in [0.15, 0.2) is 17.3 Å². The highest BCUT2D eigenvalue weighted by atomic mass is 16.5. The van der Waals surface area contributed by atoms with E-state index in [9.17, 15) is 24.6 Å². The topological polar surface area (TPSA) is 129 Å². The van der Waals surface area contributed by atoms with Crippen molar-refractivity contribution in [3.63, 3.8) is 0 Å². The normalized spacial score (nSPS) is 23.4. The molecule has 8 nitrogen and oxygen atoms in total. The number of aromatic amines is 1. The highest BCUT2D eigenvalue weighted by Crippen LogP contribution is 2.57. The molecule has 0 saturated heterocycles. The zero-order valence-electron chi connectivity index (χ0n) is 21.6. The van der Waals surface area contributed by atoms with Crippen LogP contribution in [0.3, 0.4) is 0 Å². The average molecular weight is 513 g/mol. The first-order chi connectivity index (χ1) is 18.1. The van der Waals surface area contributed by atoms with Crippen molar-refractivity contribution in [2.45, 2.75) is 58.4 Å². The molecule has 38 heavy (non-hydrogen) atoms. The van der Waals surface area contributed by atoms with Gasteiger partial charge in [0.25, 0.3) is 0 Å². The van der Waals surface area contributed by atoms with Crippen molar-refractivity contribution >= 4 is 28.3 Å². The number of hydrogen-bond donors (Lipinski definition) is 4. The molecule has 2 atom stereocenters. The van der Waals surface area contributed by atoms with Gasteiger partial charge < -0.3 is 25.3 Å². The number of aromatic nitrogens is 1. The number of nitrogens with one attached hydrogen (secondary N) is 2. The largest absolute Gasteiger partial charge is 0.507 e. The van der Waals surface area contributed by atoms with Crippen molar-refractivity contribution in [3.05, 3.63) is 75.3 Å². The van der Waals surface area contributed by atoms with Crippen LogP contribution in [0.2, 0.25) is 0 Å². The lowest BCUT2D eigenvalue weighted by molar-refractivity contribution is -0.123. The summed E-state index contributed by atoms with van der Waals surface area (Å²) >= 11 is 0. The van der Waals surface area contributed by atoms with Crippen molar-refractivity contribution in [2.24, 2.45) is 0 Å². The predicted octanol–water partition coefficient (Wildman–Crippen LogP) is 4.72. The van der Waals surface area contributed by atoms with Crippen LogP contribution in [0.5, 0.6) is 17.2 Å². The minimum atomic E-state index is -1.53. The Hall–Kier alpha value is -4.33. The molecule has 2 aromatic carbocycles. The third-order valence-electron chi connectivity index (χ3n) is 8.27. The number of carbonyl (C=O) groups excluding carboxylic acids is 3. The van der Waals surface area contributed by atoms with Gasteiger partial charge in [0, 0.05) is 33.9 Å². The average Bonchev–Trinajstić information content (AvgIpc) is 3.39. The standard InChI is InChI=1S/C30H28N2O6/c1-13-26(35)23(15(3)33)28-24(27(13)36)30(4)21(38-28)12-20(34)22(29(30)37)14(2)31-19-11-7-9-17-16-8-5-6-10-18(16)32-25(17)19/h5-6,8,10,12,19,31-32,35-36H,7,9,11H2,1-4H3/b22-14+/t19?,30-/m1/s1. The van der Waals surface area contributed by atoms with E-state index in [1.165, 1.54) is 30.9 Å². The first-order valence-electron chi connectivity index (χ1n) is 12.7. The van der Waals surface area contributed by atoms with E-state index in [2.05, 4.69) is 16.4 Å². The van der Waals surface area contributed by atoms with E-state index in [4.69, 9.17) is 4.74 Å². The molecule has 2 heterocycles. The number of allylic oxidation sites excluding steroid dienone is 4. The maximum atomic E-state index is 14.1. The molecule has 1 unspecified atom stereocenters. The number of phenolic OH excluding ortho intramolecular Hbond substituents is 2. The molecule has 1 aliphatic heterocycles. The second kappa shape index (κ2) is 8.08. The quantitative estimate of drug-likeness (QED) is 0.227. The van der Waals surface area contributed by atoms with Gasteiger partial charge in [-0.05, 0) is 58.6 Å². The molecule has 0 fully saturated rings. The number of hydrogen-bond acceptors (Lipinski definition) is 7. The maximum Gasteiger partial charge on any atom is 0.194 e. The summed E-state index contributed by atoms with van der Waals surface area (Å²) in [4.78, 5) is 43.3. The number of para-hydroxylation sites is 1. The van der Waals surface area contributed by atoms with E-state index in [0.29, 0.717) is 5.70 Å². The molecule has 0 spiro atoms. The third-order valence-corrected chi connectivity index (χ3v) is 8.27. The van der Waals surface area contributed by atoms with Crippen molar-refractivity contribution in [3.8, 4) is 17.2 Å². The van der Waals surface area contributed by atoms with Crippen molar-refractivity contribution in [1.29, 1.82) is 0 Å². The lowest BCUT2D eigenvalue weighted by Crippen LogP contribution is -2.41. The molecule has 0 amide bonds. The Morgan fingerprint density at radius 2 is 1.89 bits per heavy atom. The van der Waals surface area contributed by atoms with Crippen LogP contribution in [0, 0.1) is 6.92 Å². The van der Waals surface area contributed by atoms with E-state index in [1.54, 1.807) is 13.8 Å². The van der Waals surface area contributed by atoms with Crippen LogP contribution in [0.15, 0.2) is 47.4 Å². The Balaban J connectivity index is 1.45. The molecule has 3 aliphatic rings. The number of benzene rings is 2. The lowest BCUT2D eigenvalue weighted by Gasteiger charge is -2.30. The molecule has 3 aromatic rings. The molecule has 0 saturated carbocycles. The first-order valence-corrected chi connectivity index (χ1v) is 12.7. The van der Waals surface area contributed by atoms with Crippen LogP contribution in [-0.2, 0) is 21.4 Å². The number of Topliss-reactive ketones (excluding diaryl/α,β-unsaturated/α-hetero) is 2. The number of H-pyrrole nitrogens is 1. The van der Waals surface area contributed by atoms with E-state index in [-0.39, 0.29) is 45.6 Å². The van der Waals surface area contributed by atoms with Gasteiger partial charge >= 0.3 is 0 Å². The molecule has 0 bridgehead atoms. The molecule has 4 N–H and O–H groups in total. The summed E-state index contributed by atoms with van der Waals surface area (Å²) in [7, 11) is 0.